The van der Waals surface area contributed by atoms with E-state index in [9.17, 15) is 5.11 Å². The second kappa shape index (κ2) is 12.2. The van der Waals surface area contributed by atoms with Gasteiger partial charge in [-0.05, 0) is 63.8 Å². The topological polar surface area (TPSA) is 68.1 Å². The van der Waals surface area contributed by atoms with Crippen LogP contribution in [-0.4, -0.2) is 26.2 Å². The number of aromatic hydroxyl groups is 1. The summed E-state index contributed by atoms with van der Waals surface area (Å²) >= 11 is 0. The van der Waals surface area contributed by atoms with Crippen LogP contribution in [0.5, 0.6) is 11.5 Å². The van der Waals surface area contributed by atoms with Gasteiger partial charge in [0, 0.05) is 17.2 Å². The lowest BCUT2D eigenvalue weighted by Crippen LogP contribution is -2.16. The number of ether oxygens (including phenoxy) is 1. The van der Waals surface area contributed by atoms with Crippen molar-refractivity contribution in [3.05, 3.63) is 76.9 Å². The smallest absolute Gasteiger partial charge is 0.167 e. The highest BCUT2D eigenvalue weighted by atomic mass is 16.5. The first kappa shape index (κ1) is 27.3. The third-order valence-electron chi connectivity index (χ3n) is 6.88. The molecular formula is C33H39N3O2. The van der Waals surface area contributed by atoms with Gasteiger partial charge in [-0.25, -0.2) is 15.0 Å². The standard InChI is InChI=1S/C33H39N3O2/c1-7-9-11-25(10-8-2)38-26-14-17-29(30(37)20-26)33-35-31(27-15-12-21(3)18-23(27)5)34-32(36-33)28-16-13-22(4)19-24(28)6/h12-20,25,37H,7-11H2,1-6H3. The molecule has 0 saturated heterocycles. The van der Waals surface area contributed by atoms with E-state index >= 15 is 0 Å². The molecule has 0 aliphatic heterocycles. The molecule has 1 unspecified atom stereocenters. The van der Waals surface area contributed by atoms with Crippen molar-refractivity contribution in [1.29, 1.82) is 0 Å². The zero-order valence-corrected chi connectivity index (χ0v) is 23.5. The molecule has 0 saturated carbocycles. The third kappa shape index (κ3) is 6.39. The second-order valence-corrected chi connectivity index (χ2v) is 10.3. The Balaban J connectivity index is 1.79. The SMILES string of the molecule is CCCCC(CCC)Oc1ccc(-c2nc(-c3ccc(C)cc3C)nc(-c3ccc(C)cc3C)n2)c(O)c1. The van der Waals surface area contributed by atoms with Gasteiger partial charge in [-0.2, -0.15) is 0 Å². The third-order valence-corrected chi connectivity index (χ3v) is 6.88. The Hall–Kier alpha value is -3.73. The number of hydrogen-bond acceptors (Lipinski definition) is 5. The van der Waals surface area contributed by atoms with E-state index in [0.717, 1.165) is 54.4 Å². The van der Waals surface area contributed by atoms with Crippen molar-refractivity contribution >= 4 is 0 Å². The van der Waals surface area contributed by atoms with Crippen LogP contribution in [0.4, 0.5) is 0 Å². The Morgan fingerprint density at radius 3 is 1.66 bits per heavy atom. The summed E-state index contributed by atoms with van der Waals surface area (Å²) in [6, 6.07) is 17.9. The van der Waals surface area contributed by atoms with E-state index in [2.05, 4.69) is 77.9 Å². The molecule has 1 atom stereocenters. The second-order valence-electron chi connectivity index (χ2n) is 10.3. The molecule has 4 rings (SSSR count). The van der Waals surface area contributed by atoms with Crippen molar-refractivity contribution in [3.8, 4) is 45.7 Å². The largest absolute Gasteiger partial charge is 0.507 e. The Morgan fingerprint density at radius 1 is 0.658 bits per heavy atom. The Morgan fingerprint density at radius 2 is 1.18 bits per heavy atom. The van der Waals surface area contributed by atoms with Crippen LogP contribution in [0.15, 0.2) is 54.6 Å². The Bertz CT molecular complexity index is 1340. The van der Waals surface area contributed by atoms with Crippen molar-refractivity contribution in [3.63, 3.8) is 0 Å². The molecular weight excluding hydrogens is 470 g/mol. The number of phenols is 1. The summed E-state index contributed by atoms with van der Waals surface area (Å²) in [7, 11) is 0. The van der Waals surface area contributed by atoms with E-state index in [-0.39, 0.29) is 11.9 Å². The zero-order chi connectivity index (χ0) is 27.2. The number of benzene rings is 3. The molecule has 5 heteroatoms. The van der Waals surface area contributed by atoms with Gasteiger partial charge < -0.3 is 9.84 Å². The van der Waals surface area contributed by atoms with Gasteiger partial charge in [-0.15, -0.1) is 0 Å². The fraction of sp³-hybridized carbons (Fsp3) is 0.364. The first-order valence-electron chi connectivity index (χ1n) is 13.7. The molecule has 3 aromatic carbocycles. The quantitative estimate of drug-likeness (QED) is 0.232. The normalized spacial score (nSPS) is 11.9. The van der Waals surface area contributed by atoms with E-state index < -0.39 is 0 Å². The molecule has 0 amide bonds. The lowest BCUT2D eigenvalue weighted by molar-refractivity contribution is 0.176. The number of hydrogen-bond donors (Lipinski definition) is 1. The van der Waals surface area contributed by atoms with Crippen molar-refractivity contribution < 1.29 is 9.84 Å². The molecule has 0 spiro atoms. The fourth-order valence-corrected chi connectivity index (χ4v) is 4.85. The van der Waals surface area contributed by atoms with Gasteiger partial charge in [0.2, 0.25) is 0 Å². The van der Waals surface area contributed by atoms with Crippen molar-refractivity contribution in [2.75, 3.05) is 0 Å². The molecule has 0 aliphatic rings. The number of nitrogens with zero attached hydrogens (tertiary/aromatic N) is 3. The maximum absolute atomic E-state index is 11.1. The fourth-order valence-electron chi connectivity index (χ4n) is 4.85. The molecule has 0 bridgehead atoms. The van der Waals surface area contributed by atoms with Crippen molar-refractivity contribution in [2.24, 2.45) is 0 Å². The minimum Gasteiger partial charge on any atom is -0.507 e. The molecule has 0 aliphatic carbocycles. The Kier molecular flexibility index (Phi) is 8.77. The highest BCUT2D eigenvalue weighted by molar-refractivity contribution is 5.72. The van der Waals surface area contributed by atoms with Crippen molar-refractivity contribution in [1.82, 2.24) is 15.0 Å². The van der Waals surface area contributed by atoms with Gasteiger partial charge in [0.05, 0.1) is 11.7 Å². The van der Waals surface area contributed by atoms with Crippen LogP contribution >= 0.6 is 0 Å². The van der Waals surface area contributed by atoms with Crippen LogP contribution < -0.4 is 4.74 Å². The minimum atomic E-state index is 0.0950. The predicted molar refractivity (Wildman–Crippen MR) is 156 cm³/mol. The molecule has 0 radical (unpaired) electrons. The summed E-state index contributed by atoms with van der Waals surface area (Å²) in [5, 5.41) is 11.1. The minimum absolute atomic E-state index is 0.0950. The summed E-state index contributed by atoms with van der Waals surface area (Å²) in [5.74, 6) is 2.37. The number of rotatable bonds is 10. The lowest BCUT2D eigenvalue weighted by Gasteiger charge is -2.19. The summed E-state index contributed by atoms with van der Waals surface area (Å²) in [5.41, 5.74) is 7.00. The van der Waals surface area contributed by atoms with Crippen LogP contribution in [-0.2, 0) is 0 Å². The van der Waals surface area contributed by atoms with Crippen LogP contribution in [0.2, 0.25) is 0 Å². The number of unbranched alkanes of at least 4 members (excludes halogenated alkanes) is 1. The van der Waals surface area contributed by atoms with Gasteiger partial charge in [0.25, 0.3) is 0 Å². The molecule has 5 nitrogen and oxygen atoms in total. The van der Waals surface area contributed by atoms with Crippen molar-refractivity contribution in [2.45, 2.75) is 79.8 Å². The average molecular weight is 510 g/mol. The number of aryl methyl sites for hydroxylation is 4. The highest BCUT2D eigenvalue weighted by Crippen LogP contribution is 2.34. The molecule has 198 valence electrons. The van der Waals surface area contributed by atoms with Crippen LogP contribution in [0.3, 0.4) is 0 Å². The summed E-state index contributed by atoms with van der Waals surface area (Å²) in [4.78, 5) is 14.6. The maximum atomic E-state index is 11.1. The lowest BCUT2D eigenvalue weighted by atomic mass is 10.0. The molecule has 1 heterocycles. The molecule has 1 N–H and O–H groups in total. The Labute approximate surface area is 227 Å². The van der Waals surface area contributed by atoms with E-state index in [1.54, 1.807) is 6.07 Å². The molecule has 38 heavy (non-hydrogen) atoms. The number of phenolic OH excluding ortho intramolecular Hbond substituents is 1. The monoisotopic (exact) mass is 509 g/mol. The van der Waals surface area contributed by atoms with E-state index in [0.29, 0.717) is 28.8 Å². The van der Waals surface area contributed by atoms with E-state index in [4.69, 9.17) is 19.7 Å². The first-order chi connectivity index (χ1) is 18.3. The zero-order valence-electron chi connectivity index (χ0n) is 23.5. The highest BCUT2D eigenvalue weighted by Gasteiger charge is 2.18. The van der Waals surface area contributed by atoms with Gasteiger partial charge in [-0.3, -0.25) is 0 Å². The van der Waals surface area contributed by atoms with Gasteiger partial charge >= 0.3 is 0 Å². The number of aromatic nitrogens is 3. The van der Waals surface area contributed by atoms with Gasteiger partial charge in [-0.1, -0.05) is 80.6 Å². The first-order valence-corrected chi connectivity index (χ1v) is 13.7. The predicted octanol–water partition coefficient (Wildman–Crippen LogP) is 8.55. The van der Waals surface area contributed by atoms with Gasteiger partial charge in [0.1, 0.15) is 11.5 Å². The summed E-state index contributed by atoms with van der Waals surface area (Å²) in [6.45, 7) is 12.6. The van der Waals surface area contributed by atoms with E-state index in [1.165, 1.54) is 11.1 Å². The maximum Gasteiger partial charge on any atom is 0.167 e. The molecule has 0 fully saturated rings. The molecule has 1 aromatic heterocycles. The average Bonchev–Trinajstić information content (AvgIpc) is 2.87. The van der Waals surface area contributed by atoms with Crippen LogP contribution in [0, 0.1) is 27.7 Å². The summed E-state index contributed by atoms with van der Waals surface area (Å²) < 4.78 is 6.26. The van der Waals surface area contributed by atoms with Crippen LogP contribution in [0.25, 0.3) is 34.2 Å². The van der Waals surface area contributed by atoms with Crippen LogP contribution in [0.1, 0.15) is 68.2 Å². The summed E-state index contributed by atoms with van der Waals surface area (Å²) in [6.07, 6.45) is 5.48. The van der Waals surface area contributed by atoms with Gasteiger partial charge in [0.15, 0.2) is 17.5 Å². The molecule has 4 aromatic rings. The van der Waals surface area contributed by atoms with E-state index in [1.807, 2.05) is 12.1 Å².